The van der Waals surface area contributed by atoms with Gasteiger partial charge in [-0.25, -0.2) is 14.2 Å². The van der Waals surface area contributed by atoms with Crippen molar-refractivity contribution in [3.63, 3.8) is 0 Å². The molecule has 36 heavy (non-hydrogen) atoms. The molecule has 2 N–H and O–H groups in total. The normalized spacial score (nSPS) is 11.6. The average Bonchev–Trinajstić information content (AvgIpc) is 2.87. The van der Waals surface area contributed by atoms with Crippen LogP contribution in [0.5, 0.6) is 11.5 Å². The van der Waals surface area contributed by atoms with E-state index < -0.39 is 23.3 Å². The highest BCUT2D eigenvalue weighted by Gasteiger charge is 2.19. The van der Waals surface area contributed by atoms with E-state index in [0.29, 0.717) is 17.2 Å². The molecule has 1 heterocycles. The van der Waals surface area contributed by atoms with Crippen molar-refractivity contribution in [2.75, 3.05) is 5.32 Å². The number of nitrogens with one attached hydrogen (secondary N) is 1. The Morgan fingerprint density at radius 2 is 1.58 bits per heavy atom. The summed E-state index contributed by atoms with van der Waals surface area (Å²) in [5, 5.41) is 12.3. The molecule has 1 aromatic heterocycles. The summed E-state index contributed by atoms with van der Waals surface area (Å²) in [7, 11) is 0. The fraction of sp³-hybridized carbons (Fsp3) is 0.185. The second kappa shape index (κ2) is 10.7. The van der Waals surface area contributed by atoms with Crippen LogP contribution in [0.25, 0.3) is 0 Å². The van der Waals surface area contributed by atoms with Gasteiger partial charge in [0.25, 0.3) is 0 Å². The van der Waals surface area contributed by atoms with Crippen LogP contribution >= 0.6 is 0 Å². The van der Waals surface area contributed by atoms with Crippen LogP contribution in [0.3, 0.4) is 0 Å². The van der Waals surface area contributed by atoms with Crippen LogP contribution in [0.1, 0.15) is 18.1 Å². The first-order valence-electron chi connectivity index (χ1n) is 11.4. The molecule has 0 saturated heterocycles. The smallest absolute Gasteiger partial charge is 0.354 e. The molecule has 0 aliphatic carbocycles. The van der Waals surface area contributed by atoms with E-state index in [0.717, 1.165) is 15.7 Å². The molecule has 1 atom stereocenters. The number of nitrogens with zero attached hydrogens (tertiary/aromatic N) is 3. The van der Waals surface area contributed by atoms with Gasteiger partial charge in [0.2, 0.25) is 5.95 Å². The summed E-state index contributed by atoms with van der Waals surface area (Å²) >= 11 is 0. The molecule has 0 fully saturated rings. The quantitative estimate of drug-likeness (QED) is 0.367. The predicted octanol–water partition coefficient (Wildman–Crippen LogP) is 4.02. The van der Waals surface area contributed by atoms with Gasteiger partial charge in [0, 0.05) is 12.2 Å². The van der Waals surface area contributed by atoms with Gasteiger partial charge in [-0.15, -0.1) is 0 Å². The summed E-state index contributed by atoms with van der Waals surface area (Å²) in [6, 6.07) is 24.0. The standard InChI is InChI=1S/C27H26N4O5/c1-18-8-10-20(11-9-18)17-30-25(29-26(34)31(27(30)35)16-19(2)24(32)33)28-21-12-14-23(15-13-21)36-22-6-4-3-5-7-22/h3-15,19H,16-17H2,1-2H3,(H,32,33)(H,28,29,34)/t19-/m0/s1. The van der Waals surface area contributed by atoms with Crippen LogP contribution in [0.4, 0.5) is 11.6 Å². The molecule has 0 unspecified atom stereocenters. The topological polar surface area (TPSA) is 115 Å². The number of ether oxygens (including phenoxy) is 1. The van der Waals surface area contributed by atoms with Crippen molar-refractivity contribution in [3.8, 4) is 11.5 Å². The number of para-hydroxylation sites is 1. The van der Waals surface area contributed by atoms with Crippen molar-refractivity contribution >= 4 is 17.6 Å². The second-order valence-corrected chi connectivity index (χ2v) is 8.49. The van der Waals surface area contributed by atoms with Crippen molar-refractivity contribution in [2.45, 2.75) is 26.9 Å². The van der Waals surface area contributed by atoms with Crippen molar-refractivity contribution in [1.29, 1.82) is 0 Å². The molecular weight excluding hydrogens is 460 g/mol. The zero-order valence-corrected chi connectivity index (χ0v) is 19.9. The number of aromatic nitrogens is 3. The summed E-state index contributed by atoms with van der Waals surface area (Å²) in [5.74, 6) is -0.658. The molecule has 0 radical (unpaired) electrons. The van der Waals surface area contributed by atoms with Crippen molar-refractivity contribution in [3.05, 3.63) is 111 Å². The number of carboxylic acid groups (broad SMARTS) is 1. The van der Waals surface area contributed by atoms with E-state index in [1.807, 2.05) is 61.5 Å². The molecule has 0 aliphatic rings. The first-order chi connectivity index (χ1) is 17.3. The van der Waals surface area contributed by atoms with Crippen molar-refractivity contribution in [1.82, 2.24) is 14.1 Å². The number of aliphatic carboxylic acids is 1. The SMILES string of the molecule is Cc1ccc(Cn2c(Nc3ccc(Oc4ccccc4)cc3)nc(=O)n(C[C@H](C)C(=O)O)c2=O)cc1. The van der Waals surface area contributed by atoms with Crippen LogP contribution in [0.2, 0.25) is 0 Å². The Balaban J connectivity index is 1.66. The van der Waals surface area contributed by atoms with Crippen LogP contribution < -0.4 is 21.4 Å². The van der Waals surface area contributed by atoms with Crippen LogP contribution in [-0.4, -0.2) is 25.2 Å². The Hall–Kier alpha value is -4.66. The fourth-order valence-corrected chi connectivity index (χ4v) is 3.51. The van der Waals surface area contributed by atoms with Gasteiger partial charge in [-0.2, -0.15) is 4.98 Å². The average molecular weight is 487 g/mol. The fourth-order valence-electron chi connectivity index (χ4n) is 3.51. The number of hydrogen-bond acceptors (Lipinski definition) is 6. The van der Waals surface area contributed by atoms with E-state index in [4.69, 9.17) is 4.74 Å². The number of aryl methyl sites for hydroxylation is 1. The molecule has 9 heteroatoms. The summed E-state index contributed by atoms with van der Waals surface area (Å²) in [6.07, 6.45) is 0. The van der Waals surface area contributed by atoms with Gasteiger partial charge in [-0.05, 0) is 48.9 Å². The molecule has 0 amide bonds. The van der Waals surface area contributed by atoms with E-state index in [9.17, 15) is 19.5 Å². The molecule has 4 rings (SSSR count). The molecule has 3 aromatic carbocycles. The number of rotatable bonds is 9. The lowest BCUT2D eigenvalue weighted by molar-refractivity contribution is -0.141. The molecular formula is C27H26N4O5. The van der Waals surface area contributed by atoms with Gasteiger partial charge in [0.05, 0.1) is 12.5 Å². The third-order valence-electron chi connectivity index (χ3n) is 5.58. The second-order valence-electron chi connectivity index (χ2n) is 8.49. The number of anilines is 2. The summed E-state index contributed by atoms with van der Waals surface area (Å²) in [4.78, 5) is 41.4. The summed E-state index contributed by atoms with van der Waals surface area (Å²) in [6.45, 7) is 3.26. The van der Waals surface area contributed by atoms with Gasteiger partial charge < -0.3 is 15.2 Å². The number of carboxylic acids is 1. The third kappa shape index (κ3) is 5.87. The van der Waals surface area contributed by atoms with Gasteiger partial charge in [-0.3, -0.25) is 9.36 Å². The van der Waals surface area contributed by atoms with E-state index in [-0.39, 0.29) is 19.0 Å². The van der Waals surface area contributed by atoms with Crippen LogP contribution in [0.15, 0.2) is 88.5 Å². The Labute approximate surface area is 207 Å². The van der Waals surface area contributed by atoms with Crippen LogP contribution in [-0.2, 0) is 17.9 Å². The third-order valence-corrected chi connectivity index (χ3v) is 5.58. The monoisotopic (exact) mass is 486 g/mol. The lowest BCUT2D eigenvalue weighted by atomic mass is 10.1. The maximum Gasteiger partial charge on any atom is 0.354 e. The van der Waals surface area contributed by atoms with Gasteiger partial charge in [0.1, 0.15) is 11.5 Å². The zero-order chi connectivity index (χ0) is 25.7. The maximum atomic E-state index is 13.3. The van der Waals surface area contributed by atoms with Crippen molar-refractivity contribution < 1.29 is 14.6 Å². The summed E-state index contributed by atoms with van der Waals surface area (Å²) < 4.78 is 7.99. The predicted molar refractivity (Wildman–Crippen MR) is 136 cm³/mol. The molecule has 4 aromatic rings. The molecule has 0 aliphatic heterocycles. The Kier molecular flexibility index (Phi) is 7.29. The minimum absolute atomic E-state index is 0.0570. The Morgan fingerprint density at radius 3 is 2.22 bits per heavy atom. The maximum absolute atomic E-state index is 13.3. The van der Waals surface area contributed by atoms with Crippen LogP contribution in [0, 0.1) is 12.8 Å². The van der Waals surface area contributed by atoms with Crippen molar-refractivity contribution in [2.24, 2.45) is 5.92 Å². The van der Waals surface area contributed by atoms with Gasteiger partial charge >= 0.3 is 17.3 Å². The molecule has 0 saturated carbocycles. The van der Waals surface area contributed by atoms with E-state index >= 15 is 0 Å². The minimum atomic E-state index is -1.11. The van der Waals surface area contributed by atoms with Gasteiger partial charge in [0.15, 0.2) is 0 Å². The number of benzene rings is 3. The highest BCUT2D eigenvalue weighted by atomic mass is 16.5. The number of carbonyl (C=O) groups is 1. The van der Waals surface area contributed by atoms with E-state index in [1.54, 1.807) is 24.3 Å². The first-order valence-corrected chi connectivity index (χ1v) is 11.4. The molecule has 184 valence electrons. The number of hydrogen-bond donors (Lipinski definition) is 2. The van der Waals surface area contributed by atoms with E-state index in [1.165, 1.54) is 11.5 Å². The van der Waals surface area contributed by atoms with E-state index in [2.05, 4.69) is 10.3 Å². The molecule has 0 spiro atoms. The lowest BCUT2D eigenvalue weighted by Crippen LogP contribution is -2.44. The Morgan fingerprint density at radius 1 is 0.944 bits per heavy atom. The Bertz CT molecular complexity index is 1460. The largest absolute Gasteiger partial charge is 0.481 e. The first kappa shape index (κ1) is 24.5. The van der Waals surface area contributed by atoms with Gasteiger partial charge in [-0.1, -0.05) is 55.0 Å². The molecule has 0 bridgehead atoms. The molecule has 9 nitrogen and oxygen atoms in total. The summed E-state index contributed by atoms with van der Waals surface area (Å²) in [5.41, 5.74) is 1.03. The highest BCUT2D eigenvalue weighted by Crippen LogP contribution is 2.23. The highest BCUT2D eigenvalue weighted by molar-refractivity contribution is 5.69. The minimum Gasteiger partial charge on any atom is -0.481 e. The lowest BCUT2D eigenvalue weighted by Gasteiger charge is -2.17. The zero-order valence-electron chi connectivity index (χ0n) is 19.9.